The molecule has 2 N–H and O–H groups in total. The summed E-state index contributed by atoms with van der Waals surface area (Å²) in [4.78, 5) is 25.4. The van der Waals surface area contributed by atoms with E-state index in [1.54, 1.807) is 0 Å². The average Bonchev–Trinajstić information content (AvgIpc) is 3.29. The number of carbonyl (C=O) groups is 1. The predicted molar refractivity (Wildman–Crippen MR) is 288 cm³/mol. The molecule has 0 heterocycles. The highest BCUT2D eigenvalue weighted by Crippen LogP contribution is 2.38. The summed E-state index contributed by atoms with van der Waals surface area (Å²) >= 11 is 0. The first-order valence-corrected chi connectivity index (χ1v) is 28.5. The Bertz CT molecular complexity index is 1410. The summed E-state index contributed by atoms with van der Waals surface area (Å²) in [7, 11) is 1.29. The van der Waals surface area contributed by atoms with E-state index in [2.05, 4.69) is 116 Å². The summed E-state index contributed by atoms with van der Waals surface area (Å²) in [6, 6.07) is -0.807. The van der Waals surface area contributed by atoms with E-state index in [-0.39, 0.29) is 19.1 Å². The van der Waals surface area contributed by atoms with Crippen LogP contribution in [0.2, 0.25) is 0 Å². The molecule has 0 spiro atoms. The second kappa shape index (κ2) is 48.4. The van der Waals surface area contributed by atoms with Crippen molar-refractivity contribution in [2.45, 2.75) is 225 Å². The Morgan fingerprint density at radius 1 is 0.537 bits per heavy atom. The van der Waals surface area contributed by atoms with Crippen molar-refractivity contribution in [1.29, 1.82) is 0 Å². The van der Waals surface area contributed by atoms with Gasteiger partial charge < -0.3 is 28.8 Å². The number of phosphoric acid groups is 1. The molecule has 0 aromatic heterocycles. The van der Waals surface area contributed by atoms with Gasteiger partial charge in [-0.15, -0.1) is 0 Å². The number of aliphatic hydroxyl groups is 1. The predicted octanol–water partition coefficient (Wildman–Crippen LogP) is 15.6. The van der Waals surface area contributed by atoms with Gasteiger partial charge in [0, 0.05) is 6.42 Å². The lowest BCUT2D eigenvalue weighted by molar-refractivity contribution is -0.870. The van der Waals surface area contributed by atoms with Crippen LogP contribution in [0.1, 0.15) is 213 Å². The number of hydrogen-bond acceptors (Lipinski definition) is 6. The maximum absolute atomic E-state index is 12.9. The summed E-state index contributed by atoms with van der Waals surface area (Å²) in [5, 5.41) is 13.9. The minimum absolute atomic E-state index is 0.00701. The molecule has 9 heteroatoms. The molecular formula is C58H103N2O6P. The highest BCUT2D eigenvalue weighted by molar-refractivity contribution is 7.45. The standard InChI is InChI=1S/C58H103N2O6P/c1-6-8-10-12-14-16-18-19-20-21-22-23-24-25-26-27-28-29-30-31-32-33-34-35-36-37-38-39-40-41-42-44-46-48-50-52-58(62)59-56(55-66-67(63,64)65-54-53-60(3,4)5)57(61)51-49-47-45-43-17-15-13-11-9-7-2/h8,10,14,16,19-20,22-23,25-26,28-29,31-32,34-35,56-57,61H,6-7,9,11-13,15,17-18,21,24,27,30,33,36-55H2,1-5H3,(H-,59,62,63,64)/b10-8-,16-14-,20-19-,23-22-,26-25-,29-28-,32-31-,35-34-. The number of hydrogen-bond donors (Lipinski definition) is 2. The molecule has 386 valence electrons. The fraction of sp³-hybridized carbons (Fsp3) is 0.707. The number of nitrogens with one attached hydrogen (secondary N) is 1. The normalized spacial score (nSPS) is 14.8. The molecule has 0 fully saturated rings. The van der Waals surface area contributed by atoms with Crippen LogP contribution in [0, 0.1) is 0 Å². The Morgan fingerprint density at radius 3 is 1.33 bits per heavy atom. The highest BCUT2D eigenvalue weighted by atomic mass is 31.2. The summed E-state index contributed by atoms with van der Waals surface area (Å²) in [5.41, 5.74) is 0. The number of aliphatic hydroxyl groups excluding tert-OH is 1. The van der Waals surface area contributed by atoms with Crippen LogP contribution < -0.4 is 10.2 Å². The number of quaternary nitrogens is 1. The van der Waals surface area contributed by atoms with E-state index in [4.69, 9.17) is 9.05 Å². The van der Waals surface area contributed by atoms with Gasteiger partial charge in [0.2, 0.25) is 5.91 Å². The van der Waals surface area contributed by atoms with Crippen LogP contribution in [0.3, 0.4) is 0 Å². The number of phosphoric ester groups is 1. The van der Waals surface area contributed by atoms with Crippen molar-refractivity contribution in [2.75, 3.05) is 40.9 Å². The van der Waals surface area contributed by atoms with E-state index in [0.29, 0.717) is 23.9 Å². The van der Waals surface area contributed by atoms with Crippen LogP contribution in [0.25, 0.3) is 0 Å². The van der Waals surface area contributed by atoms with Crippen molar-refractivity contribution < 1.29 is 32.9 Å². The van der Waals surface area contributed by atoms with E-state index in [9.17, 15) is 19.4 Å². The number of carbonyl (C=O) groups excluding carboxylic acids is 1. The van der Waals surface area contributed by atoms with Crippen molar-refractivity contribution in [3.8, 4) is 0 Å². The summed E-state index contributed by atoms with van der Waals surface area (Å²) in [5.74, 6) is -0.175. The molecule has 0 aliphatic rings. The SMILES string of the molecule is CC/C=C\C/C=C\C/C=C\C/C=C\C/C=C\C/C=C\C/C=C\C/C=C\CCCCCCCCCCCCC(=O)NC(COP(=O)([O-])OCC[N+](C)(C)C)C(O)CCCCCCCCCCCC. The third-order valence-corrected chi connectivity index (χ3v) is 12.6. The first-order valence-electron chi connectivity index (χ1n) is 27.1. The largest absolute Gasteiger partial charge is 0.756 e. The van der Waals surface area contributed by atoms with Gasteiger partial charge >= 0.3 is 0 Å². The van der Waals surface area contributed by atoms with Crippen LogP contribution in [0.5, 0.6) is 0 Å². The van der Waals surface area contributed by atoms with Gasteiger partial charge in [-0.25, -0.2) is 0 Å². The molecule has 0 aromatic rings. The Morgan fingerprint density at radius 2 is 0.910 bits per heavy atom. The second-order valence-electron chi connectivity index (χ2n) is 19.2. The van der Waals surface area contributed by atoms with E-state index in [1.807, 2.05) is 21.1 Å². The van der Waals surface area contributed by atoms with Gasteiger partial charge in [-0.1, -0.05) is 227 Å². The zero-order chi connectivity index (χ0) is 49.2. The van der Waals surface area contributed by atoms with Gasteiger partial charge in [0.05, 0.1) is 39.9 Å². The quantitative estimate of drug-likeness (QED) is 0.0272. The molecule has 0 aliphatic heterocycles. The Balaban J connectivity index is 4.06. The lowest BCUT2D eigenvalue weighted by atomic mass is 10.0. The number of likely N-dealkylation sites (N-methyl/N-ethyl adjacent to an activating group) is 1. The van der Waals surface area contributed by atoms with Gasteiger partial charge in [-0.05, 0) is 77.0 Å². The first kappa shape index (κ1) is 64.4. The molecular weight excluding hydrogens is 852 g/mol. The highest BCUT2D eigenvalue weighted by Gasteiger charge is 2.24. The molecule has 0 saturated carbocycles. The molecule has 3 atom stereocenters. The molecule has 0 aliphatic carbocycles. The van der Waals surface area contributed by atoms with Crippen molar-refractivity contribution in [3.05, 3.63) is 97.2 Å². The molecule has 0 aromatic carbocycles. The Labute approximate surface area is 413 Å². The van der Waals surface area contributed by atoms with Crippen LogP contribution >= 0.6 is 7.82 Å². The topological polar surface area (TPSA) is 108 Å². The molecule has 0 bridgehead atoms. The van der Waals surface area contributed by atoms with Gasteiger partial charge in [0.1, 0.15) is 13.2 Å². The van der Waals surface area contributed by atoms with Gasteiger partial charge in [0.15, 0.2) is 0 Å². The molecule has 8 nitrogen and oxygen atoms in total. The van der Waals surface area contributed by atoms with E-state index in [0.717, 1.165) is 96.3 Å². The van der Waals surface area contributed by atoms with E-state index >= 15 is 0 Å². The number of amides is 1. The Hall–Kier alpha value is -2.58. The minimum atomic E-state index is -4.57. The molecule has 67 heavy (non-hydrogen) atoms. The van der Waals surface area contributed by atoms with Crippen molar-refractivity contribution in [3.63, 3.8) is 0 Å². The summed E-state index contributed by atoms with van der Waals surface area (Å²) in [6.45, 7) is 4.57. The molecule has 3 unspecified atom stereocenters. The van der Waals surface area contributed by atoms with Crippen molar-refractivity contribution >= 4 is 13.7 Å². The van der Waals surface area contributed by atoms with Crippen molar-refractivity contribution in [1.82, 2.24) is 5.32 Å². The zero-order valence-electron chi connectivity index (χ0n) is 43.8. The summed E-state index contributed by atoms with van der Waals surface area (Å²) < 4.78 is 23.3. The fourth-order valence-corrected chi connectivity index (χ4v) is 8.07. The van der Waals surface area contributed by atoms with Gasteiger partial charge in [0.25, 0.3) is 7.82 Å². The number of allylic oxidation sites excluding steroid dienone is 16. The fourth-order valence-electron chi connectivity index (χ4n) is 7.35. The number of rotatable bonds is 48. The van der Waals surface area contributed by atoms with Gasteiger partial charge in [-0.3, -0.25) is 9.36 Å². The van der Waals surface area contributed by atoms with E-state index < -0.39 is 20.0 Å². The lowest BCUT2D eigenvalue weighted by Gasteiger charge is -2.30. The first-order chi connectivity index (χ1) is 32.5. The maximum Gasteiger partial charge on any atom is 0.268 e. The third-order valence-electron chi connectivity index (χ3n) is 11.6. The average molecular weight is 955 g/mol. The molecule has 1 amide bonds. The second-order valence-corrected chi connectivity index (χ2v) is 20.6. The summed E-state index contributed by atoms with van der Waals surface area (Å²) in [6.07, 6.45) is 68.7. The van der Waals surface area contributed by atoms with E-state index in [1.165, 1.54) is 89.9 Å². The smallest absolute Gasteiger partial charge is 0.268 e. The maximum atomic E-state index is 12.9. The lowest BCUT2D eigenvalue weighted by Crippen LogP contribution is -2.46. The van der Waals surface area contributed by atoms with Crippen LogP contribution in [-0.2, 0) is 18.4 Å². The Kier molecular flexibility index (Phi) is 46.6. The molecule has 0 saturated heterocycles. The number of nitrogens with zero attached hydrogens (tertiary/aromatic N) is 1. The van der Waals surface area contributed by atoms with Crippen LogP contribution in [-0.4, -0.2) is 68.5 Å². The zero-order valence-corrected chi connectivity index (χ0v) is 44.7. The molecule has 0 radical (unpaired) electrons. The van der Waals surface area contributed by atoms with Crippen LogP contribution in [0.15, 0.2) is 97.2 Å². The van der Waals surface area contributed by atoms with Crippen molar-refractivity contribution in [2.24, 2.45) is 0 Å². The molecule has 0 rings (SSSR count). The monoisotopic (exact) mass is 955 g/mol. The third kappa shape index (κ3) is 51.1. The minimum Gasteiger partial charge on any atom is -0.756 e. The van der Waals surface area contributed by atoms with Gasteiger partial charge in [-0.2, -0.15) is 0 Å². The van der Waals surface area contributed by atoms with Crippen LogP contribution in [0.4, 0.5) is 0 Å². The number of unbranched alkanes of at least 4 members (excludes halogenated alkanes) is 19.